The summed E-state index contributed by atoms with van der Waals surface area (Å²) in [5, 5.41) is 3.02. The highest BCUT2D eigenvalue weighted by atomic mass is 19.2. The lowest BCUT2D eigenvalue weighted by Crippen LogP contribution is -2.16. The zero-order valence-corrected chi connectivity index (χ0v) is 9.45. The molecule has 1 heterocycles. The van der Waals surface area contributed by atoms with Crippen LogP contribution in [-0.4, -0.2) is 9.55 Å². The number of imidazole rings is 1. The number of rotatable bonds is 4. The molecule has 3 nitrogen and oxygen atoms in total. The Hall–Kier alpha value is -1.75. The van der Waals surface area contributed by atoms with Crippen LogP contribution >= 0.6 is 0 Å². The molecular formula is C12H13F2N3. The van der Waals surface area contributed by atoms with E-state index in [2.05, 4.69) is 10.3 Å². The molecule has 1 aromatic carbocycles. The van der Waals surface area contributed by atoms with Crippen molar-refractivity contribution >= 4 is 0 Å². The van der Waals surface area contributed by atoms with Crippen molar-refractivity contribution in [1.29, 1.82) is 0 Å². The van der Waals surface area contributed by atoms with Crippen molar-refractivity contribution in [2.24, 2.45) is 7.05 Å². The third-order valence-electron chi connectivity index (χ3n) is 2.55. The summed E-state index contributed by atoms with van der Waals surface area (Å²) in [7, 11) is 1.88. The Morgan fingerprint density at radius 2 is 2.12 bits per heavy atom. The second kappa shape index (κ2) is 5.05. The minimum atomic E-state index is -0.818. The molecule has 0 saturated heterocycles. The number of nitrogens with zero attached hydrogens (tertiary/aromatic N) is 2. The maximum atomic E-state index is 13.3. The first-order chi connectivity index (χ1) is 8.18. The Kier molecular flexibility index (Phi) is 3.49. The molecule has 0 aliphatic rings. The fourth-order valence-corrected chi connectivity index (χ4v) is 1.56. The summed E-state index contributed by atoms with van der Waals surface area (Å²) in [5.74, 6) is -0.761. The number of aromatic nitrogens is 2. The number of aryl methyl sites for hydroxylation is 1. The van der Waals surface area contributed by atoms with E-state index in [0.29, 0.717) is 12.1 Å². The molecule has 0 atom stereocenters. The highest BCUT2D eigenvalue weighted by molar-refractivity contribution is 5.18. The van der Waals surface area contributed by atoms with Crippen LogP contribution in [0.1, 0.15) is 11.4 Å². The van der Waals surface area contributed by atoms with Crippen molar-refractivity contribution in [2.45, 2.75) is 13.1 Å². The highest BCUT2D eigenvalue weighted by Gasteiger charge is 2.07. The lowest BCUT2D eigenvalue weighted by molar-refractivity contribution is 0.491. The molecule has 2 rings (SSSR count). The van der Waals surface area contributed by atoms with Crippen LogP contribution in [0, 0.1) is 11.6 Å². The first-order valence-electron chi connectivity index (χ1n) is 5.28. The first-order valence-corrected chi connectivity index (χ1v) is 5.28. The van der Waals surface area contributed by atoms with Crippen LogP contribution in [0.5, 0.6) is 0 Å². The van der Waals surface area contributed by atoms with Crippen LogP contribution in [0.25, 0.3) is 0 Å². The summed E-state index contributed by atoms with van der Waals surface area (Å²) >= 11 is 0. The van der Waals surface area contributed by atoms with Gasteiger partial charge in [0, 0.05) is 31.5 Å². The number of nitrogens with one attached hydrogen (secondary N) is 1. The highest BCUT2D eigenvalue weighted by Crippen LogP contribution is 2.10. The van der Waals surface area contributed by atoms with Crippen LogP contribution < -0.4 is 5.32 Å². The van der Waals surface area contributed by atoms with Crippen LogP contribution in [0.4, 0.5) is 8.78 Å². The molecule has 0 aliphatic carbocycles. The van der Waals surface area contributed by atoms with Gasteiger partial charge in [0.1, 0.15) is 5.82 Å². The summed E-state index contributed by atoms with van der Waals surface area (Å²) < 4.78 is 28.1. The molecule has 17 heavy (non-hydrogen) atoms. The van der Waals surface area contributed by atoms with Crippen LogP contribution in [-0.2, 0) is 20.1 Å². The molecule has 0 saturated carbocycles. The van der Waals surface area contributed by atoms with E-state index in [1.54, 1.807) is 12.3 Å². The van der Waals surface area contributed by atoms with E-state index in [1.807, 2.05) is 17.8 Å². The fourth-order valence-electron chi connectivity index (χ4n) is 1.56. The Balaban J connectivity index is 1.95. The Bertz CT molecular complexity index is 508. The zero-order chi connectivity index (χ0) is 12.3. The van der Waals surface area contributed by atoms with Crippen LogP contribution in [0.2, 0.25) is 0 Å². The Labute approximate surface area is 98.1 Å². The molecule has 1 N–H and O–H groups in total. The molecule has 0 bridgehead atoms. The van der Waals surface area contributed by atoms with Crippen LogP contribution in [0.3, 0.4) is 0 Å². The third kappa shape index (κ3) is 2.68. The van der Waals surface area contributed by atoms with E-state index in [9.17, 15) is 8.78 Å². The third-order valence-corrected chi connectivity index (χ3v) is 2.55. The summed E-state index contributed by atoms with van der Waals surface area (Å²) in [6, 6.07) is 4.16. The smallest absolute Gasteiger partial charge is 0.163 e. The lowest BCUT2D eigenvalue weighted by atomic mass is 10.2. The van der Waals surface area contributed by atoms with Gasteiger partial charge in [0.05, 0.1) is 6.54 Å². The van der Waals surface area contributed by atoms with E-state index in [0.717, 1.165) is 11.9 Å². The largest absolute Gasteiger partial charge is 0.337 e. The summed E-state index contributed by atoms with van der Waals surface area (Å²) in [6.45, 7) is 0.788. The maximum absolute atomic E-state index is 13.3. The molecule has 0 radical (unpaired) electrons. The van der Waals surface area contributed by atoms with Gasteiger partial charge in [-0.25, -0.2) is 13.8 Å². The number of benzene rings is 1. The van der Waals surface area contributed by atoms with Crippen molar-refractivity contribution in [3.05, 3.63) is 53.6 Å². The van der Waals surface area contributed by atoms with Gasteiger partial charge in [-0.3, -0.25) is 0 Å². The van der Waals surface area contributed by atoms with Gasteiger partial charge in [0.15, 0.2) is 11.6 Å². The molecule has 0 unspecified atom stereocenters. The molecule has 90 valence electrons. The van der Waals surface area contributed by atoms with Gasteiger partial charge < -0.3 is 9.88 Å². The molecule has 0 amide bonds. The molecule has 2 aromatic rings. The lowest BCUT2D eigenvalue weighted by Gasteiger charge is -2.06. The van der Waals surface area contributed by atoms with Gasteiger partial charge in [0.2, 0.25) is 0 Å². The molecule has 1 aromatic heterocycles. The molecule has 0 spiro atoms. The summed E-state index contributed by atoms with van der Waals surface area (Å²) in [6.07, 6.45) is 3.53. The van der Waals surface area contributed by atoms with Gasteiger partial charge >= 0.3 is 0 Å². The monoisotopic (exact) mass is 237 g/mol. The van der Waals surface area contributed by atoms with Gasteiger partial charge in [-0.1, -0.05) is 12.1 Å². The van der Waals surface area contributed by atoms with E-state index >= 15 is 0 Å². The van der Waals surface area contributed by atoms with Crippen molar-refractivity contribution < 1.29 is 8.78 Å². The quantitative estimate of drug-likeness (QED) is 0.881. The van der Waals surface area contributed by atoms with E-state index in [1.165, 1.54) is 6.07 Å². The second-order valence-corrected chi connectivity index (χ2v) is 3.77. The zero-order valence-electron chi connectivity index (χ0n) is 9.45. The van der Waals surface area contributed by atoms with Gasteiger partial charge in [-0.05, 0) is 6.07 Å². The average Bonchev–Trinajstić information content (AvgIpc) is 2.71. The van der Waals surface area contributed by atoms with Crippen LogP contribution in [0.15, 0.2) is 30.6 Å². The van der Waals surface area contributed by atoms with Crippen molar-refractivity contribution in [2.75, 3.05) is 0 Å². The Morgan fingerprint density at radius 1 is 1.29 bits per heavy atom. The predicted molar refractivity (Wildman–Crippen MR) is 60.1 cm³/mol. The van der Waals surface area contributed by atoms with Gasteiger partial charge in [-0.15, -0.1) is 0 Å². The maximum Gasteiger partial charge on any atom is 0.163 e. The SMILES string of the molecule is Cn1ccnc1CNCc1cccc(F)c1F. The minimum absolute atomic E-state index is 0.274. The van der Waals surface area contributed by atoms with E-state index < -0.39 is 11.6 Å². The Morgan fingerprint density at radius 3 is 2.82 bits per heavy atom. The van der Waals surface area contributed by atoms with E-state index in [-0.39, 0.29) is 6.54 Å². The number of halogens is 2. The predicted octanol–water partition coefficient (Wildman–Crippen LogP) is 1.99. The van der Waals surface area contributed by atoms with Gasteiger partial charge in [0.25, 0.3) is 0 Å². The number of hydrogen-bond acceptors (Lipinski definition) is 2. The number of hydrogen-bond donors (Lipinski definition) is 1. The minimum Gasteiger partial charge on any atom is -0.337 e. The molecule has 0 fully saturated rings. The fraction of sp³-hybridized carbons (Fsp3) is 0.250. The van der Waals surface area contributed by atoms with Gasteiger partial charge in [-0.2, -0.15) is 0 Å². The summed E-state index contributed by atoms with van der Waals surface area (Å²) in [4.78, 5) is 4.12. The normalized spacial score (nSPS) is 10.8. The second-order valence-electron chi connectivity index (χ2n) is 3.77. The molecular weight excluding hydrogens is 224 g/mol. The molecule has 5 heteroatoms. The van der Waals surface area contributed by atoms with E-state index in [4.69, 9.17) is 0 Å². The molecule has 0 aliphatic heterocycles. The standard InChI is InChI=1S/C12H13F2N3/c1-17-6-5-16-11(17)8-15-7-9-3-2-4-10(13)12(9)14/h2-6,15H,7-8H2,1H3. The summed E-state index contributed by atoms with van der Waals surface area (Å²) in [5.41, 5.74) is 0.319. The van der Waals surface area contributed by atoms with Crippen molar-refractivity contribution in [3.8, 4) is 0 Å². The average molecular weight is 237 g/mol. The van der Waals surface area contributed by atoms with Crippen molar-refractivity contribution in [1.82, 2.24) is 14.9 Å². The topological polar surface area (TPSA) is 29.9 Å². The van der Waals surface area contributed by atoms with Crippen molar-refractivity contribution in [3.63, 3.8) is 0 Å². The first kappa shape index (κ1) is 11.7.